The number of nitrogens with zero attached hydrogens (tertiary/aromatic N) is 3. The number of imide groups is 1. The number of hydrogen-bond acceptors (Lipinski definition) is 4. The topological polar surface area (TPSA) is 55.9 Å². The van der Waals surface area contributed by atoms with Crippen molar-refractivity contribution in [1.29, 1.82) is 0 Å². The third-order valence-electron chi connectivity index (χ3n) is 7.41. The van der Waals surface area contributed by atoms with Gasteiger partial charge in [0.2, 0.25) is 5.91 Å². The van der Waals surface area contributed by atoms with Crippen LogP contribution in [0, 0.1) is 13.8 Å². The van der Waals surface area contributed by atoms with Gasteiger partial charge in [0.25, 0.3) is 0 Å². The third-order valence-corrected chi connectivity index (χ3v) is 7.41. The lowest BCUT2D eigenvalue weighted by Gasteiger charge is -2.37. The number of anilines is 1. The van der Waals surface area contributed by atoms with Crippen LogP contribution in [0.2, 0.25) is 0 Å². The zero-order valence-corrected chi connectivity index (χ0v) is 22.9. The van der Waals surface area contributed by atoms with Crippen molar-refractivity contribution < 1.29 is 9.59 Å². The number of nitrogens with one attached hydrogen (secondary N) is 1. The zero-order chi connectivity index (χ0) is 26.9. The van der Waals surface area contributed by atoms with Crippen LogP contribution in [0.15, 0.2) is 78.9 Å². The van der Waals surface area contributed by atoms with Crippen molar-refractivity contribution in [1.82, 2.24) is 15.1 Å². The molecule has 0 aromatic heterocycles. The molecule has 1 aliphatic rings. The minimum atomic E-state index is -0.396. The standard InChI is InChI=1S/C32H40N4O2/c1-25-15-16-26(2)30(23-25)35-21-19-34(20-22-35)17-10-18-36(24-28-11-6-4-7-12-28)32(38)33-31(37)27(3)29-13-8-5-9-14-29/h4-9,11-16,23,27H,10,17-22,24H2,1-3H3,(H,33,37,38). The average molecular weight is 513 g/mol. The van der Waals surface area contributed by atoms with Crippen LogP contribution >= 0.6 is 0 Å². The SMILES string of the molecule is Cc1ccc(C)c(N2CCN(CCCN(Cc3ccccc3)C(=O)NC(=O)C(C)c3ccccc3)CC2)c1. The summed E-state index contributed by atoms with van der Waals surface area (Å²) in [6.45, 7) is 12.2. The average Bonchev–Trinajstić information content (AvgIpc) is 2.94. The van der Waals surface area contributed by atoms with E-state index in [9.17, 15) is 9.59 Å². The maximum atomic E-state index is 13.2. The second-order valence-electron chi connectivity index (χ2n) is 10.3. The Kier molecular flexibility index (Phi) is 9.55. The number of rotatable bonds is 9. The van der Waals surface area contributed by atoms with Crippen LogP contribution in [0.25, 0.3) is 0 Å². The number of urea groups is 1. The highest BCUT2D eigenvalue weighted by atomic mass is 16.2. The van der Waals surface area contributed by atoms with E-state index in [2.05, 4.69) is 47.2 Å². The van der Waals surface area contributed by atoms with Gasteiger partial charge in [0.15, 0.2) is 0 Å². The molecule has 0 radical (unpaired) electrons. The number of carbonyl (C=O) groups excluding carboxylic acids is 2. The lowest BCUT2D eigenvalue weighted by molar-refractivity contribution is -0.121. The second kappa shape index (κ2) is 13.2. The summed E-state index contributed by atoms with van der Waals surface area (Å²) in [6.07, 6.45) is 0.853. The zero-order valence-electron chi connectivity index (χ0n) is 22.9. The molecule has 1 heterocycles. The van der Waals surface area contributed by atoms with E-state index in [1.54, 1.807) is 4.90 Å². The lowest BCUT2D eigenvalue weighted by Crippen LogP contribution is -2.48. The van der Waals surface area contributed by atoms with Gasteiger partial charge >= 0.3 is 6.03 Å². The summed E-state index contributed by atoms with van der Waals surface area (Å²) in [7, 11) is 0. The van der Waals surface area contributed by atoms with Crippen LogP contribution in [0.5, 0.6) is 0 Å². The predicted octanol–water partition coefficient (Wildman–Crippen LogP) is 5.36. The predicted molar refractivity (Wildman–Crippen MR) is 154 cm³/mol. The highest BCUT2D eigenvalue weighted by Crippen LogP contribution is 2.23. The molecular formula is C32H40N4O2. The van der Waals surface area contributed by atoms with Crippen molar-refractivity contribution in [3.63, 3.8) is 0 Å². The van der Waals surface area contributed by atoms with Gasteiger partial charge in [0.1, 0.15) is 0 Å². The van der Waals surface area contributed by atoms with E-state index in [1.807, 2.05) is 67.6 Å². The van der Waals surface area contributed by atoms with E-state index in [1.165, 1.54) is 16.8 Å². The van der Waals surface area contributed by atoms with E-state index in [0.29, 0.717) is 13.1 Å². The van der Waals surface area contributed by atoms with Crippen LogP contribution in [-0.4, -0.2) is 61.0 Å². The smallest absolute Gasteiger partial charge is 0.324 e. The molecule has 0 aliphatic carbocycles. The number of aryl methyl sites for hydroxylation is 2. The molecule has 3 aromatic carbocycles. The Morgan fingerprint density at radius 3 is 2.24 bits per heavy atom. The molecule has 1 N–H and O–H groups in total. The molecule has 200 valence electrons. The van der Waals surface area contributed by atoms with Crippen molar-refractivity contribution in [3.8, 4) is 0 Å². The van der Waals surface area contributed by atoms with E-state index in [4.69, 9.17) is 0 Å². The first-order valence-electron chi connectivity index (χ1n) is 13.6. The van der Waals surface area contributed by atoms with Gasteiger partial charge in [-0.2, -0.15) is 0 Å². The molecule has 1 fully saturated rings. The summed E-state index contributed by atoms with van der Waals surface area (Å²) in [6, 6.07) is 25.8. The minimum absolute atomic E-state index is 0.276. The molecule has 1 saturated heterocycles. The Balaban J connectivity index is 1.31. The quantitative estimate of drug-likeness (QED) is 0.420. The summed E-state index contributed by atoms with van der Waals surface area (Å²) in [4.78, 5) is 32.8. The van der Waals surface area contributed by atoms with Gasteiger partial charge in [-0.15, -0.1) is 0 Å². The molecule has 0 spiro atoms. The maximum Gasteiger partial charge on any atom is 0.324 e. The maximum absolute atomic E-state index is 13.2. The van der Waals surface area contributed by atoms with Gasteiger partial charge in [-0.3, -0.25) is 15.0 Å². The van der Waals surface area contributed by atoms with Crippen LogP contribution in [0.3, 0.4) is 0 Å². The Morgan fingerprint density at radius 1 is 0.895 bits per heavy atom. The molecule has 1 unspecified atom stereocenters. The van der Waals surface area contributed by atoms with Crippen LogP contribution < -0.4 is 10.2 Å². The fraction of sp³-hybridized carbons (Fsp3) is 0.375. The Bertz CT molecular complexity index is 1190. The largest absolute Gasteiger partial charge is 0.369 e. The van der Waals surface area contributed by atoms with E-state index in [0.717, 1.165) is 50.3 Å². The number of benzene rings is 3. The first-order chi connectivity index (χ1) is 18.4. The van der Waals surface area contributed by atoms with Crippen LogP contribution in [0.1, 0.15) is 41.5 Å². The van der Waals surface area contributed by atoms with Crippen molar-refractivity contribution in [2.45, 2.75) is 39.7 Å². The van der Waals surface area contributed by atoms with Crippen molar-refractivity contribution in [2.75, 3.05) is 44.2 Å². The second-order valence-corrected chi connectivity index (χ2v) is 10.3. The normalized spacial score (nSPS) is 14.7. The van der Waals surface area contributed by atoms with Crippen molar-refractivity contribution in [2.24, 2.45) is 0 Å². The first-order valence-corrected chi connectivity index (χ1v) is 13.6. The van der Waals surface area contributed by atoms with Gasteiger partial charge in [-0.05, 0) is 62.1 Å². The van der Waals surface area contributed by atoms with E-state index < -0.39 is 5.92 Å². The molecule has 0 bridgehead atoms. The fourth-order valence-corrected chi connectivity index (χ4v) is 5.00. The van der Waals surface area contributed by atoms with E-state index in [-0.39, 0.29) is 11.9 Å². The highest BCUT2D eigenvalue weighted by Gasteiger charge is 2.23. The van der Waals surface area contributed by atoms with Crippen LogP contribution in [0.4, 0.5) is 10.5 Å². The molecule has 6 heteroatoms. The highest BCUT2D eigenvalue weighted by molar-refractivity contribution is 5.97. The summed E-state index contributed by atoms with van der Waals surface area (Å²) in [5.41, 5.74) is 5.90. The van der Waals surface area contributed by atoms with Gasteiger partial charge in [-0.25, -0.2) is 4.79 Å². The molecule has 6 nitrogen and oxygen atoms in total. The Hall–Kier alpha value is -3.64. The van der Waals surface area contributed by atoms with E-state index >= 15 is 0 Å². The summed E-state index contributed by atoms with van der Waals surface area (Å²) in [5.74, 6) is -0.672. The monoisotopic (exact) mass is 512 g/mol. The van der Waals surface area contributed by atoms with Crippen LogP contribution in [-0.2, 0) is 11.3 Å². The molecule has 4 rings (SSSR count). The Morgan fingerprint density at radius 2 is 1.55 bits per heavy atom. The summed E-state index contributed by atoms with van der Waals surface area (Å²) in [5, 5.41) is 2.65. The number of piperazine rings is 1. The molecule has 3 amide bonds. The van der Waals surface area contributed by atoms with Crippen molar-refractivity contribution in [3.05, 3.63) is 101 Å². The number of amides is 3. The van der Waals surface area contributed by atoms with Gasteiger partial charge in [-0.1, -0.05) is 72.8 Å². The molecule has 0 saturated carbocycles. The lowest BCUT2D eigenvalue weighted by atomic mass is 10.0. The van der Waals surface area contributed by atoms with Crippen molar-refractivity contribution >= 4 is 17.6 Å². The molecule has 38 heavy (non-hydrogen) atoms. The van der Waals surface area contributed by atoms with Gasteiger partial charge in [0, 0.05) is 45.0 Å². The molecule has 1 aliphatic heterocycles. The third kappa shape index (κ3) is 7.45. The molecular weight excluding hydrogens is 472 g/mol. The Labute approximate surface area is 227 Å². The molecule has 3 aromatic rings. The first kappa shape index (κ1) is 27.4. The minimum Gasteiger partial charge on any atom is -0.369 e. The number of hydrogen-bond donors (Lipinski definition) is 1. The number of carbonyl (C=O) groups is 2. The summed E-state index contributed by atoms with van der Waals surface area (Å²) < 4.78 is 0. The molecule has 1 atom stereocenters. The van der Waals surface area contributed by atoms with Gasteiger partial charge < -0.3 is 9.80 Å². The van der Waals surface area contributed by atoms with Gasteiger partial charge in [0.05, 0.1) is 5.92 Å². The summed E-state index contributed by atoms with van der Waals surface area (Å²) >= 11 is 0. The fourth-order valence-electron chi connectivity index (χ4n) is 5.00.